The van der Waals surface area contributed by atoms with Crippen molar-refractivity contribution in [3.63, 3.8) is 0 Å². The predicted octanol–water partition coefficient (Wildman–Crippen LogP) is 3.59. The fourth-order valence-electron chi connectivity index (χ4n) is 2.19. The molecular weight excluding hydrogens is 260 g/mol. The summed E-state index contributed by atoms with van der Waals surface area (Å²) >= 11 is 0. The molecular formula is C18H24N2O. The Hall–Kier alpha value is -1.87. The maximum Gasteiger partial charge on any atom is 0.142 e. The van der Waals surface area contributed by atoms with Crippen molar-refractivity contribution < 1.29 is 4.74 Å². The van der Waals surface area contributed by atoms with Crippen LogP contribution in [0.15, 0.2) is 48.8 Å². The maximum absolute atomic E-state index is 5.89. The Balaban J connectivity index is 1.77. The lowest BCUT2D eigenvalue weighted by molar-refractivity contribution is 0.306. The number of ether oxygens (including phenoxy) is 1. The van der Waals surface area contributed by atoms with E-state index in [0.29, 0.717) is 0 Å². The summed E-state index contributed by atoms with van der Waals surface area (Å²) < 4.78 is 5.89. The molecule has 0 spiro atoms. The molecule has 2 aromatic rings. The van der Waals surface area contributed by atoms with Crippen LogP contribution in [0, 0.1) is 0 Å². The van der Waals surface area contributed by atoms with E-state index in [0.717, 1.165) is 44.7 Å². The molecule has 21 heavy (non-hydrogen) atoms. The highest BCUT2D eigenvalue weighted by Crippen LogP contribution is 2.16. The van der Waals surface area contributed by atoms with E-state index in [1.807, 2.05) is 24.5 Å². The van der Waals surface area contributed by atoms with Crippen molar-refractivity contribution in [3.05, 3.63) is 59.9 Å². The Morgan fingerprint density at radius 1 is 1.14 bits per heavy atom. The molecule has 3 heteroatoms. The van der Waals surface area contributed by atoms with Crippen LogP contribution in [0.25, 0.3) is 0 Å². The summed E-state index contributed by atoms with van der Waals surface area (Å²) in [7, 11) is 0. The van der Waals surface area contributed by atoms with Crippen LogP contribution in [0.4, 0.5) is 0 Å². The topological polar surface area (TPSA) is 34.2 Å². The van der Waals surface area contributed by atoms with Gasteiger partial charge in [0.05, 0.1) is 12.8 Å². The second-order valence-electron chi connectivity index (χ2n) is 5.10. The first-order valence-corrected chi connectivity index (χ1v) is 7.70. The first-order chi connectivity index (χ1) is 10.4. The van der Waals surface area contributed by atoms with Gasteiger partial charge in [0.15, 0.2) is 0 Å². The molecule has 1 aromatic carbocycles. The average Bonchev–Trinajstić information content (AvgIpc) is 2.54. The standard InChI is InChI=1S/C18H24N2O/c1-2-11-19-14-17-10-12-20-15-18(17)21-13-6-9-16-7-4-3-5-8-16/h3-5,7-8,10,12,15,19H,2,6,9,11,13-14H2,1H3. The molecule has 112 valence electrons. The second-order valence-corrected chi connectivity index (χ2v) is 5.10. The Morgan fingerprint density at radius 2 is 2.00 bits per heavy atom. The molecule has 0 atom stereocenters. The molecule has 3 nitrogen and oxygen atoms in total. The van der Waals surface area contributed by atoms with Gasteiger partial charge in [-0.2, -0.15) is 0 Å². The summed E-state index contributed by atoms with van der Waals surface area (Å²) in [5, 5.41) is 3.40. The Kier molecular flexibility index (Phi) is 6.75. The van der Waals surface area contributed by atoms with Gasteiger partial charge in [-0.25, -0.2) is 0 Å². The van der Waals surface area contributed by atoms with Crippen molar-refractivity contribution in [2.24, 2.45) is 0 Å². The van der Waals surface area contributed by atoms with Crippen molar-refractivity contribution >= 4 is 0 Å². The zero-order valence-electron chi connectivity index (χ0n) is 12.7. The molecule has 0 saturated heterocycles. The largest absolute Gasteiger partial charge is 0.492 e. The number of hydrogen-bond donors (Lipinski definition) is 1. The molecule has 0 fully saturated rings. The molecule has 0 aliphatic rings. The Bertz CT molecular complexity index is 514. The van der Waals surface area contributed by atoms with Crippen LogP contribution in [0.3, 0.4) is 0 Å². The van der Waals surface area contributed by atoms with Crippen molar-refractivity contribution in [3.8, 4) is 5.75 Å². The molecule has 2 rings (SSSR count). The SMILES string of the molecule is CCCNCc1ccncc1OCCCc1ccccc1. The van der Waals surface area contributed by atoms with Gasteiger partial charge in [0, 0.05) is 18.3 Å². The summed E-state index contributed by atoms with van der Waals surface area (Å²) in [4.78, 5) is 4.16. The number of nitrogens with zero attached hydrogens (tertiary/aromatic N) is 1. The van der Waals surface area contributed by atoms with Gasteiger partial charge in [0.1, 0.15) is 5.75 Å². The summed E-state index contributed by atoms with van der Waals surface area (Å²) in [5.74, 6) is 0.897. The van der Waals surface area contributed by atoms with Crippen LogP contribution >= 0.6 is 0 Å². The smallest absolute Gasteiger partial charge is 0.142 e. The van der Waals surface area contributed by atoms with Gasteiger partial charge in [-0.15, -0.1) is 0 Å². The van der Waals surface area contributed by atoms with Gasteiger partial charge in [-0.05, 0) is 37.4 Å². The summed E-state index contributed by atoms with van der Waals surface area (Å²) in [5.41, 5.74) is 2.54. The molecule has 0 unspecified atom stereocenters. The minimum atomic E-state index is 0.724. The number of hydrogen-bond acceptors (Lipinski definition) is 3. The first kappa shape index (κ1) is 15.5. The molecule has 0 saturated carbocycles. The molecule has 1 N–H and O–H groups in total. The number of pyridine rings is 1. The van der Waals surface area contributed by atoms with E-state index in [9.17, 15) is 0 Å². The van der Waals surface area contributed by atoms with Gasteiger partial charge in [-0.1, -0.05) is 37.3 Å². The molecule has 0 aliphatic carbocycles. The lowest BCUT2D eigenvalue weighted by Crippen LogP contribution is -2.15. The fraction of sp³-hybridized carbons (Fsp3) is 0.389. The highest BCUT2D eigenvalue weighted by Gasteiger charge is 2.03. The zero-order valence-corrected chi connectivity index (χ0v) is 12.7. The quantitative estimate of drug-likeness (QED) is 0.715. The average molecular weight is 284 g/mol. The first-order valence-electron chi connectivity index (χ1n) is 7.70. The lowest BCUT2D eigenvalue weighted by Gasteiger charge is -2.11. The summed E-state index contributed by atoms with van der Waals surface area (Å²) in [6.45, 7) is 4.75. The third-order valence-electron chi connectivity index (χ3n) is 3.32. The summed E-state index contributed by atoms with van der Waals surface area (Å²) in [6.07, 6.45) is 6.83. The van der Waals surface area contributed by atoms with E-state index < -0.39 is 0 Å². The van der Waals surface area contributed by atoms with E-state index in [1.54, 1.807) is 0 Å². The highest BCUT2D eigenvalue weighted by molar-refractivity contribution is 5.29. The van der Waals surface area contributed by atoms with Gasteiger partial charge >= 0.3 is 0 Å². The third-order valence-corrected chi connectivity index (χ3v) is 3.32. The van der Waals surface area contributed by atoms with Crippen LogP contribution in [0.5, 0.6) is 5.75 Å². The molecule has 0 radical (unpaired) electrons. The number of nitrogens with one attached hydrogen (secondary N) is 1. The lowest BCUT2D eigenvalue weighted by atomic mass is 10.1. The monoisotopic (exact) mass is 284 g/mol. The van der Waals surface area contributed by atoms with Crippen LogP contribution in [-0.2, 0) is 13.0 Å². The Labute approximate surface area is 127 Å². The van der Waals surface area contributed by atoms with Gasteiger partial charge in [0.2, 0.25) is 0 Å². The molecule has 1 aromatic heterocycles. The highest BCUT2D eigenvalue weighted by atomic mass is 16.5. The fourth-order valence-corrected chi connectivity index (χ4v) is 2.19. The van der Waals surface area contributed by atoms with Crippen LogP contribution in [0.1, 0.15) is 30.9 Å². The number of aryl methyl sites for hydroxylation is 1. The van der Waals surface area contributed by atoms with Crippen LogP contribution < -0.4 is 10.1 Å². The number of rotatable bonds is 9. The number of benzene rings is 1. The van der Waals surface area contributed by atoms with Crippen molar-refractivity contribution in [2.45, 2.75) is 32.7 Å². The van der Waals surface area contributed by atoms with Crippen molar-refractivity contribution in [2.75, 3.05) is 13.2 Å². The van der Waals surface area contributed by atoms with E-state index in [4.69, 9.17) is 4.74 Å². The molecule has 0 aliphatic heterocycles. The normalized spacial score (nSPS) is 10.5. The minimum Gasteiger partial charge on any atom is -0.492 e. The second kappa shape index (κ2) is 9.14. The maximum atomic E-state index is 5.89. The molecule has 0 bridgehead atoms. The summed E-state index contributed by atoms with van der Waals surface area (Å²) in [6, 6.07) is 12.5. The molecule has 1 heterocycles. The van der Waals surface area contributed by atoms with Crippen molar-refractivity contribution in [1.29, 1.82) is 0 Å². The van der Waals surface area contributed by atoms with Crippen molar-refractivity contribution in [1.82, 2.24) is 10.3 Å². The van der Waals surface area contributed by atoms with Gasteiger partial charge < -0.3 is 10.1 Å². The number of aromatic nitrogens is 1. The Morgan fingerprint density at radius 3 is 2.81 bits per heavy atom. The predicted molar refractivity (Wildman–Crippen MR) is 86.5 cm³/mol. The third kappa shape index (κ3) is 5.56. The van der Waals surface area contributed by atoms with Crippen LogP contribution in [-0.4, -0.2) is 18.1 Å². The van der Waals surface area contributed by atoms with E-state index in [1.165, 1.54) is 11.1 Å². The zero-order chi connectivity index (χ0) is 14.8. The minimum absolute atomic E-state index is 0.724. The molecule has 0 amide bonds. The van der Waals surface area contributed by atoms with Crippen LogP contribution in [0.2, 0.25) is 0 Å². The van der Waals surface area contributed by atoms with E-state index in [2.05, 4.69) is 41.5 Å². The van der Waals surface area contributed by atoms with Gasteiger partial charge in [-0.3, -0.25) is 4.98 Å². The van der Waals surface area contributed by atoms with E-state index in [-0.39, 0.29) is 0 Å². The van der Waals surface area contributed by atoms with E-state index >= 15 is 0 Å². The van der Waals surface area contributed by atoms with Gasteiger partial charge in [0.25, 0.3) is 0 Å².